The molecule has 0 aromatic heterocycles. The molecule has 0 bridgehead atoms. The van der Waals surface area contributed by atoms with Crippen LogP contribution in [0.25, 0.3) is 0 Å². The van der Waals surface area contributed by atoms with Crippen molar-refractivity contribution in [1.29, 1.82) is 0 Å². The third-order valence-electron chi connectivity index (χ3n) is 2.63. The van der Waals surface area contributed by atoms with Crippen molar-refractivity contribution >= 4 is 23.3 Å². The van der Waals surface area contributed by atoms with Gasteiger partial charge in [0.15, 0.2) is 11.5 Å². The second-order valence-corrected chi connectivity index (χ2v) is 4.15. The first-order valence-electron chi connectivity index (χ1n) is 5.01. The zero-order valence-corrected chi connectivity index (χ0v) is 9.78. The number of hydrogen-bond donors (Lipinski definition) is 2. The van der Waals surface area contributed by atoms with E-state index >= 15 is 0 Å². The van der Waals surface area contributed by atoms with Gasteiger partial charge in [-0.2, -0.15) is 0 Å². The highest BCUT2D eigenvalue weighted by atomic mass is 35.5. The van der Waals surface area contributed by atoms with E-state index in [2.05, 4.69) is 5.32 Å². The van der Waals surface area contributed by atoms with Gasteiger partial charge >= 0.3 is 0 Å². The Balaban J connectivity index is 2.52. The van der Waals surface area contributed by atoms with Gasteiger partial charge in [0.2, 0.25) is 0 Å². The van der Waals surface area contributed by atoms with E-state index in [0.717, 1.165) is 0 Å². The molecule has 1 amide bonds. The third kappa shape index (κ3) is 1.91. The molecular weight excluding hydrogens is 242 g/mol. The molecule has 0 radical (unpaired) electrons. The molecule has 5 heteroatoms. The van der Waals surface area contributed by atoms with Gasteiger partial charge in [-0.05, 0) is 18.6 Å². The monoisotopic (exact) mass is 251 g/mol. The minimum absolute atomic E-state index is 0.0584. The summed E-state index contributed by atoms with van der Waals surface area (Å²) in [5.41, 5.74) is 0.653. The Morgan fingerprint density at radius 2 is 2.06 bits per heavy atom. The van der Waals surface area contributed by atoms with E-state index in [4.69, 9.17) is 11.6 Å². The number of rotatable bonds is 2. The van der Waals surface area contributed by atoms with Gasteiger partial charge in [-0.25, -0.2) is 0 Å². The van der Waals surface area contributed by atoms with E-state index in [1.54, 1.807) is 24.3 Å². The first-order chi connectivity index (χ1) is 8.02. The molecule has 1 heterocycles. The zero-order chi connectivity index (χ0) is 12.6. The van der Waals surface area contributed by atoms with Crippen LogP contribution in [-0.2, 0) is 9.59 Å². The van der Waals surface area contributed by atoms with Crippen LogP contribution < -0.4 is 5.32 Å². The summed E-state index contributed by atoms with van der Waals surface area (Å²) in [6.45, 7) is 1.30. The van der Waals surface area contributed by atoms with Crippen molar-refractivity contribution in [1.82, 2.24) is 5.32 Å². The number of benzene rings is 1. The maximum absolute atomic E-state index is 11.4. The summed E-state index contributed by atoms with van der Waals surface area (Å²) in [6, 6.07) is 6.19. The van der Waals surface area contributed by atoms with E-state index in [9.17, 15) is 14.7 Å². The fraction of sp³-hybridized carbons (Fsp3) is 0.167. The summed E-state index contributed by atoms with van der Waals surface area (Å²) in [5, 5.41) is 12.5. The highest BCUT2D eigenvalue weighted by Gasteiger charge is 2.36. The molecule has 0 saturated heterocycles. The van der Waals surface area contributed by atoms with E-state index < -0.39 is 17.7 Å². The molecule has 4 nitrogen and oxygen atoms in total. The summed E-state index contributed by atoms with van der Waals surface area (Å²) < 4.78 is 0. The van der Waals surface area contributed by atoms with Crippen molar-refractivity contribution in [3.8, 4) is 0 Å². The average molecular weight is 252 g/mol. The predicted molar refractivity (Wildman–Crippen MR) is 62.7 cm³/mol. The topological polar surface area (TPSA) is 66.4 Å². The van der Waals surface area contributed by atoms with Crippen molar-refractivity contribution in [3.05, 3.63) is 46.2 Å². The number of carbonyl (C=O) groups is 2. The van der Waals surface area contributed by atoms with Gasteiger partial charge in [0, 0.05) is 5.02 Å². The smallest absolute Gasteiger partial charge is 0.287 e. The van der Waals surface area contributed by atoms with E-state index in [1.165, 1.54) is 6.92 Å². The maximum Gasteiger partial charge on any atom is 0.287 e. The Bertz CT molecular complexity index is 536. The van der Waals surface area contributed by atoms with Crippen molar-refractivity contribution in [2.24, 2.45) is 0 Å². The molecule has 0 fully saturated rings. The lowest BCUT2D eigenvalue weighted by molar-refractivity contribution is -0.119. The quantitative estimate of drug-likeness (QED) is 0.844. The highest BCUT2D eigenvalue weighted by molar-refractivity contribution is 6.31. The number of amides is 1. The minimum atomic E-state index is -0.673. The summed E-state index contributed by atoms with van der Waals surface area (Å²) in [7, 11) is 0. The number of aliphatic hydroxyl groups excluding tert-OH is 1. The molecule has 1 atom stereocenters. The minimum Gasteiger partial charge on any atom is -0.503 e. The largest absolute Gasteiger partial charge is 0.503 e. The zero-order valence-electron chi connectivity index (χ0n) is 9.03. The van der Waals surface area contributed by atoms with E-state index in [-0.39, 0.29) is 11.4 Å². The standard InChI is InChI=1S/C12H10ClNO3/c1-6(15)9-10(14-12(17)11(9)16)7-4-2-3-5-8(7)13/h2-5,10,16H,1H3,(H,14,17)/t10-/m1/s1. The lowest BCUT2D eigenvalue weighted by atomic mass is 9.98. The molecule has 2 N–H and O–H groups in total. The van der Waals surface area contributed by atoms with Gasteiger partial charge in [0.25, 0.3) is 5.91 Å². The van der Waals surface area contributed by atoms with Crippen LogP contribution >= 0.6 is 11.6 Å². The van der Waals surface area contributed by atoms with Crippen LogP contribution in [0.4, 0.5) is 0 Å². The first-order valence-corrected chi connectivity index (χ1v) is 5.39. The molecule has 0 unspecified atom stereocenters. The van der Waals surface area contributed by atoms with Gasteiger partial charge in [-0.1, -0.05) is 29.8 Å². The number of aliphatic hydroxyl groups is 1. The Labute approximate surface area is 103 Å². The third-order valence-corrected chi connectivity index (χ3v) is 2.97. The highest BCUT2D eigenvalue weighted by Crippen LogP contribution is 2.33. The lowest BCUT2D eigenvalue weighted by Crippen LogP contribution is -2.23. The van der Waals surface area contributed by atoms with Crippen molar-refractivity contribution in [2.45, 2.75) is 13.0 Å². The van der Waals surface area contributed by atoms with Crippen LogP contribution in [0.5, 0.6) is 0 Å². The van der Waals surface area contributed by atoms with Crippen LogP contribution in [0, 0.1) is 0 Å². The predicted octanol–water partition coefficient (Wildman–Crippen LogP) is 1.91. The maximum atomic E-state index is 11.4. The number of Topliss-reactive ketones (excluding diaryl/α,β-unsaturated/α-hetero) is 1. The molecule has 17 heavy (non-hydrogen) atoms. The normalized spacial score (nSPS) is 19.4. The van der Waals surface area contributed by atoms with Gasteiger partial charge in [-0.3, -0.25) is 9.59 Å². The molecule has 88 valence electrons. The average Bonchev–Trinajstić information content (AvgIpc) is 2.56. The van der Waals surface area contributed by atoms with Gasteiger partial charge in [0.1, 0.15) is 0 Å². The van der Waals surface area contributed by atoms with Gasteiger partial charge in [0.05, 0.1) is 11.6 Å². The lowest BCUT2D eigenvalue weighted by Gasteiger charge is -2.14. The molecule has 0 saturated carbocycles. The fourth-order valence-electron chi connectivity index (χ4n) is 1.84. The van der Waals surface area contributed by atoms with Crippen LogP contribution in [0.2, 0.25) is 5.02 Å². The van der Waals surface area contributed by atoms with Crippen LogP contribution in [0.1, 0.15) is 18.5 Å². The van der Waals surface area contributed by atoms with Crippen molar-refractivity contribution < 1.29 is 14.7 Å². The molecule has 1 aromatic carbocycles. The summed E-state index contributed by atoms with van der Waals surface area (Å²) in [4.78, 5) is 22.8. The van der Waals surface area contributed by atoms with E-state index in [0.29, 0.717) is 10.6 Å². The fourth-order valence-corrected chi connectivity index (χ4v) is 2.09. The van der Waals surface area contributed by atoms with Crippen molar-refractivity contribution in [2.75, 3.05) is 0 Å². The SMILES string of the molecule is CC(=O)C1=C(O)C(=O)N[C@@H]1c1ccccc1Cl. The van der Waals surface area contributed by atoms with Crippen LogP contribution in [0.3, 0.4) is 0 Å². The number of halogens is 1. The summed E-state index contributed by atoms with van der Waals surface area (Å²) in [6.07, 6.45) is 0. The molecule has 1 aliphatic heterocycles. The molecule has 0 aliphatic carbocycles. The molecule has 0 spiro atoms. The summed E-state index contributed by atoms with van der Waals surface area (Å²) >= 11 is 6.00. The first kappa shape index (κ1) is 11.7. The van der Waals surface area contributed by atoms with Crippen LogP contribution in [-0.4, -0.2) is 16.8 Å². The second kappa shape index (κ2) is 4.22. The Kier molecular flexibility index (Phi) is 2.90. The van der Waals surface area contributed by atoms with Gasteiger partial charge < -0.3 is 10.4 Å². The van der Waals surface area contributed by atoms with Gasteiger partial charge in [-0.15, -0.1) is 0 Å². The Morgan fingerprint density at radius 3 is 2.65 bits per heavy atom. The number of carbonyl (C=O) groups excluding carboxylic acids is 2. The Morgan fingerprint density at radius 1 is 1.41 bits per heavy atom. The second-order valence-electron chi connectivity index (χ2n) is 3.75. The number of hydrogen-bond acceptors (Lipinski definition) is 3. The molecule has 2 rings (SSSR count). The molecule has 1 aromatic rings. The Hall–Kier alpha value is -1.81. The van der Waals surface area contributed by atoms with Crippen LogP contribution in [0.15, 0.2) is 35.6 Å². The number of ketones is 1. The molecule has 1 aliphatic rings. The number of nitrogens with one attached hydrogen (secondary N) is 1. The summed E-state index contributed by atoms with van der Waals surface area (Å²) in [5.74, 6) is -1.53. The van der Waals surface area contributed by atoms with E-state index in [1.807, 2.05) is 0 Å². The van der Waals surface area contributed by atoms with Crippen molar-refractivity contribution in [3.63, 3.8) is 0 Å². The molecular formula is C12H10ClNO3.